The monoisotopic (exact) mass is 462 g/mol. The van der Waals surface area contributed by atoms with Gasteiger partial charge in [0.25, 0.3) is 5.69 Å². The molecular weight excluding hydrogens is 448 g/mol. The van der Waals surface area contributed by atoms with E-state index in [1.165, 1.54) is 18.0 Å². The van der Waals surface area contributed by atoms with Crippen LogP contribution in [-0.2, 0) is 15.8 Å². The molecule has 13 heteroatoms. The number of alkyl halides is 3. The number of hydrogen-bond donors (Lipinski definition) is 2. The summed E-state index contributed by atoms with van der Waals surface area (Å²) in [6.45, 7) is -0.751. The summed E-state index contributed by atoms with van der Waals surface area (Å²) in [5.74, 6) is -2.29. The lowest BCUT2D eigenvalue weighted by Crippen LogP contribution is -2.36. The lowest BCUT2D eigenvalue weighted by Gasteiger charge is -2.17. The topological polar surface area (TPSA) is 105 Å². The van der Waals surface area contributed by atoms with E-state index in [0.717, 1.165) is 18.2 Å². The maximum Gasteiger partial charge on any atom is 0.417 e. The Labute approximate surface area is 177 Å². The third-order valence-electron chi connectivity index (χ3n) is 3.81. The van der Waals surface area contributed by atoms with Crippen LogP contribution in [0.25, 0.3) is 0 Å². The van der Waals surface area contributed by atoms with Crippen molar-refractivity contribution >= 4 is 40.5 Å². The number of nitrogens with zero attached hydrogens (tertiary/aromatic N) is 2. The van der Waals surface area contributed by atoms with Crippen molar-refractivity contribution in [3.63, 3.8) is 0 Å². The smallest absolute Gasteiger partial charge is 0.325 e. The van der Waals surface area contributed by atoms with Crippen LogP contribution in [0.15, 0.2) is 36.4 Å². The summed E-state index contributed by atoms with van der Waals surface area (Å²) in [6.07, 6.45) is -4.70. The van der Waals surface area contributed by atoms with Crippen LogP contribution in [-0.4, -0.2) is 41.8 Å². The molecule has 0 aliphatic rings. The SMILES string of the molecule is CN(CC(=O)Nc1ccc(Cl)c(C(F)(F)F)c1)CC(=O)Nc1ccc(F)cc1[N+](=O)[O-]. The second kappa shape index (κ2) is 9.71. The number of halogens is 5. The molecule has 0 saturated heterocycles. The van der Waals surface area contributed by atoms with Gasteiger partial charge < -0.3 is 10.6 Å². The van der Waals surface area contributed by atoms with E-state index >= 15 is 0 Å². The zero-order chi connectivity index (χ0) is 23.3. The number of anilines is 2. The minimum atomic E-state index is -4.70. The summed E-state index contributed by atoms with van der Waals surface area (Å²) in [4.78, 5) is 35.4. The Hall–Kier alpha value is -3.25. The third-order valence-corrected chi connectivity index (χ3v) is 4.14. The van der Waals surface area contributed by atoms with Crippen LogP contribution >= 0.6 is 11.6 Å². The number of carbonyl (C=O) groups is 2. The van der Waals surface area contributed by atoms with Crippen molar-refractivity contribution in [2.45, 2.75) is 6.18 Å². The largest absolute Gasteiger partial charge is 0.417 e. The van der Waals surface area contributed by atoms with E-state index in [2.05, 4.69) is 10.6 Å². The standard InChI is InChI=1S/C18H15ClF4N4O4/c1-26(9-17(29)25-14-5-2-10(20)6-15(14)27(30)31)8-16(28)24-11-3-4-13(19)12(7-11)18(21,22)23/h2-7H,8-9H2,1H3,(H,24,28)(H,25,29). The number of rotatable bonds is 7. The number of hydrogen-bond acceptors (Lipinski definition) is 5. The van der Waals surface area contributed by atoms with Crippen LogP contribution < -0.4 is 10.6 Å². The first kappa shape index (κ1) is 24.0. The Bertz CT molecular complexity index is 1020. The molecule has 8 nitrogen and oxygen atoms in total. The molecule has 0 aliphatic heterocycles. The molecule has 0 aromatic heterocycles. The van der Waals surface area contributed by atoms with Crippen molar-refractivity contribution in [3.05, 3.63) is 62.9 Å². The average molecular weight is 463 g/mol. The van der Waals surface area contributed by atoms with Gasteiger partial charge in [-0.1, -0.05) is 11.6 Å². The maximum absolute atomic E-state index is 13.2. The van der Waals surface area contributed by atoms with E-state index in [-0.39, 0.29) is 24.5 Å². The molecular formula is C18H15ClF4N4O4. The fourth-order valence-electron chi connectivity index (χ4n) is 2.52. The molecule has 2 N–H and O–H groups in total. The minimum Gasteiger partial charge on any atom is -0.325 e. The Morgan fingerprint density at radius 3 is 2.29 bits per heavy atom. The van der Waals surface area contributed by atoms with Gasteiger partial charge in [0.15, 0.2) is 0 Å². The predicted octanol–water partition coefficient (Wildman–Crippen LogP) is 3.92. The van der Waals surface area contributed by atoms with E-state index in [4.69, 9.17) is 11.6 Å². The molecule has 0 fully saturated rings. The first-order valence-corrected chi connectivity index (χ1v) is 8.83. The minimum absolute atomic E-state index is 0.137. The fraction of sp³-hybridized carbons (Fsp3) is 0.222. The zero-order valence-corrected chi connectivity index (χ0v) is 16.6. The van der Waals surface area contributed by atoms with E-state index in [1.54, 1.807) is 0 Å². The van der Waals surface area contributed by atoms with Crippen molar-refractivity contribution in [2.75, 3.05) is 30.8 Å². The molecule has 0 spiro atoms. The van der Waals surface area contributed by atoms with E-state index in [0.29, 0.717) is 12.1 Å². The van der Waals surface area contributed by atoms with E-state index < -0.39 is 45.0 Å². The Morgan fingerprint density at radius 1 is 1.10 bits per heavy atom. The Balaban J connectivity index is 1.96. The molecule has 2 aromatic rings. The third kappa shape index (κ3) is 6.89. The van der Waals surface area contributed by atoms with Gasteiger partial charge in [-0.3, -0.25) is 24.6 Å². The van der Waals surface area contributed by atoms with Crippen LogP contribution in [0.4, 0.5) is 34.6 Å². The molecule has 0 radical (unpaired) electrons. The summed E-state index contributed by atoms with van der Waals surface area (Å²) in [7, 11) is 1.38. The molecule has 31 heavy (non-hydrogen) atoms. The summed E-state index contributed by atoms with van der Waals surface area (Å²) >= 11 is 5.52. The highest BCUT2D eigenvalue weighted by Gasteiger charge is 2.33. The summed E-state index contributed by atoms with van der Waals surface area (Å²) in [5.41, 5.74) is -2.12. The van der Waals surface area contributed by atoms with E-state index in [1.807, 2.05) is 0 Å². The average Bonchev–Trinajstić information content (AvgIpc) is 2.63. The van der Waals surface area contributed by atoms with Gasteiger partial charge in [-0.05, 0) is 37.4 Å². The van der Waals surface area contributed by atoms with Crippen LogP contribution in [0.3, 0.4) is 0 Å². The molecule has 2 amide bonds. The lowest BCUT2D eigenvalue weighted by molar-refractivity contribution is -0.384. The number of nitro groups is 1. The highest BCUT2D eigenvalue weighted by molar-refractivity contribution is 6.31. The van der Waals surface area contributed by atoms with Gasteiger partial charge in [-0.2, -0.15) is 13.2 Å². The van der Waals surface area contributed by atoms with E-state index in [9.17, 15) is 37.3 Å². The van der Waals surface area contributed by atoms with Crippen LogP contribution in [0.5, 0.6) is 0 Å². The van der Waals surface area contributed by atoms with Gasteiger partial charge in [0, 0.05) is 5.69 Å². The summed E-state index contributed by atoms with van der Waals surface area (Å²) in [5, 5.41) is 14.9. The summed E-state index contributed by atoms with van der Waals surface area (Å²) in [6, 6.07) is 5.47. The molecule has 0 atom stereocenters. The van der Waals surface area contributed by atoms with Crippen molar-refractivity contribution in [1.29, 1.82) is 0 Å². The maximum atomic E-state index is 13.2. The number of amides is 2. The number of carbonyl (C=O) groups excluding carboxylic acids is 2. The van der Waals surface area contributed by atoms with Crippen LogP contribution in [0, 0.1) is 15.9 Å². The lowest BCUT2D eigenvalue weighted by atomic mass is 10.2. The highest BCUT2D eigenvalue weighted by Crippen LogP contribution is 2.36. The molecule has 166 valence electrons. The fourth-order valence-corrected chi connectivity index (χ4v) is 2.74. The number of nitro benzene ring substituents is 1. The van der Waals surface area contributed by atoms with Gasteiger partial charge in [-0.15, -0.1) is 0 Å². The van der Waals surface area contributed by atoms with Gasteiger partial charge >= 0.3 is 6.18 Å². The predicted molar refractivity (Wildman–Crippen MR) is 104 cm³/mol. The molecule has 0 aliphatic carbocycles. The quantitative estimate of drug-likeness (QED) is 0.369. The second-order valence-electron chi connectivity index (χ2n) is 6.38. The zero-order valence-electron chi connectivity index (χ0n) is 15.8. The van der Waals surface area contributed by atoms with Crippen molar-refractivity contribution in [1.82, 2.24) is 4.90 Å². The van der Waals surface area contributed by atoms with Gasteiger partial charge in [0.2, 0.25) is 11.8 Å². The molecule has 0 heterocycles. The normalized spacial score (nSPS) is 11.3. The summed E-state index contributed by atoms with van der Waals surface area (Å²) < 4.78 is 51.8. The Morgan fingerprint density at radius 2 is 1.71 bits per heavy atom. The molecule has 2 rings (SSSR count). The second-order valence-corrected chi connectivity index (χ2v) is 6.79. The highest BCUT2D eigenvalue weighted by atomic mass is 35.5. The first-order valence-electron chi connectivity index (χ1n) is 8.45. The van der Waals surface area contributed by atoms with Crippen LogP contribution in [0.2, 0.25) is 5.02 Å². The van der Waals surface area contributed by atoms with Gasteiger partial charge in [0.1, 0.15) is 11.5 Å². The Kier molecular flexibility index (Phi) is 7.52. The van der Waals surface area contributed by atoms with Crippen molar-refractivity contribution in [3.8, 4) is 0 Å². The molecule has 2 aromatic carbocycles. The van der Waals surface area contributed by atoms with Crippen molar-refractivity contribution < 1.29 is 32.1 Å². The van der Waals surface area contributed by atoms with Crippen LogP contribution in [0.1, 0.15) is 5.56 Å². The first-order chi connectivity index (χ1) is 14.4. The number of likely N-dealkylation sites (N-methyl/N-ethyl adjacent to an activating group) is 1. The molecule has 0 bridgehead atoms. The molecule has 0 unspecified atom stereocenters. The number of nitrogens with one attached hydrogen (secondary N) is 2. The molecule has 0 saturated carbocycles. The van der Waals surface area contributed by atoms with Gasteiger partial charge in [-0.25, -0.2) is 4.39 Å². The number of benzene rings is 2. The van der Waals surface area contributed by atoms with Gasteiger partial charge in [0.05, 0.1) is 34.7 Å². The van der Waals surface area contributed by atoms with Crippen molar-refractivity contribution in [2.24, 2.45) is 0 Å².